The Morgan fingerprint density at radius 1 is 1.35 bits per heavy atom. The van der Waals surface area contributed by atoms with Crippen LogP contribution in [0.5, 0.6) is 0 Å². The van der Waals surface area contributed by atoms with Crippen LogP contribution in [0.1, 0.15) is 51.6 Å². The van der Waals surface area contributed by atoms with Crippen LogP contribution >= 0.6 is 15.9 Å². The van der Waals surface area contributed by atoms with Gasteiger partial charge in [0.15, 0.2) is 0 Å². The number of nitrogens with zero attached hydrogens (tertiary/aromatic N) is 1. The van der Waals surface area contributed by atoms with E-state index in [1.165, 1.54) is 35.8 Å². The fourth-order valence-electron chi connectivity index (χ4n) is 3.19. The molecule has 0 aromatic heterocycles. The summed E-state index contributed by atoms with van der Waals surface area (Å²) < 4.78 is 1.17. The molecule has 1 aromatic carbocycles. The summed E-state index contributed by atoms with van der Waals surface area (Å²) in [5.74, 6) is 0. The maximum atomic E-state index is 3.79. The molecule has 0 amide bonds. The van der Waals surface area contributed by atoms with Gasteiger partial charge in [-0.1, -0.05) is 41.9 Å². The Bertz CT molecular complexity index is 429. The van der Waals surface area contributed by atoms with Gasteiger partial charge in [-0.2, -0.15) is 0 Å². The van der Waals surface area contributed by atoms with Crippen molar-refractivity contribution < 1.29 is 0 Å². The van der Waals surface area contributed by atoms with Gasteiger partial charge >= 0.3 is 0 Å². The minimum absolute atomic E-state index is 0.288. The lowest BCUT2D eigenvalue weighted by molar-refractivity contribution is 0.157. The van der Waals surface area contributed by atoms with E-state index in [1.807, 2.05) is 0 Å². The molecule has 2 nitrogen and oxygen atoms in total. The third kappa shape index (κ3) is 3.63. The zero-order valence-corrected chi connectivity index (χ0v) is 14.5. The molecular formula is C17H27BrN2. The number of nitrogens with one attached hydrogen (secondary N) is 1. The summed E-state index contributed by atoms with van der Waals surface area (Å²) in [6.07, 6.45) is 3.64. The van der Waals surface area contributed by atoms with Crippen LogP contribution in [-0.2, 0) is 0 Å². The monoisotopic (exact) mass is 338 g/mol. The fraction of sp³-hybridized carbons (Fsp3) is 0.647. The van der Waals surface area contributed by atoms with Crippen LogP contribution in [0.3, 0.4) is 0 Å². The molecule has 1 unspecified atom stereocenters. The van der Waals surface area contributed by atoms with Crippen molar-refractivity contribution in [2.24, 2.45) is 0 Å². The second-order valence-corrected chi connectivity index (χ2v) is 6.88. The molecule has 1 fully saturated rings. The first-order valence-corrected chi connectivity index (χ1v) is 8.64. The van der Waals surface area contributed by atoms with Crippen LogP contribution in [0, 0.1) is 0 Å². The lowest BCUT2D eigenvalue weighted by atomic mass is 9.91. The average molecular weight is 339 g/mol. The Balaban J connectivity index is 2.17. The van der Waals surface area contributed by atoms with Crippen molar-refractivity contribution in [3.05, 3.63) is 34.3 Å². The second kappa shape index (κ2) is 7.06. The average Bonchev–Trinajstić information content (AvgIpc) is 2.69. The molecule has 1 saturated heterocycles. The summed E-state index contributed by atoms with van der Waals surface area (Å²) in [5.41, 5.74) is 1.69. The summed E-state index contributed by atoms with van der Waals surface area (Å²) in [7, 11) is 0. The molecule has 1 atom stereocenters. The number of halogens is 1. The van der Waals surface area contributed by atoms with E-state index in [1.54, 1.807) is 0 Å². The van der Waals surface area contributed by atoms with Crippen LogP contribution in [0.25, 0.3) is 0 Å². The van der Waals surface area contributed by atoms with Crippen molar-refractivity contribution in [3.8, 4) is 0 Å². The van der Waals surface area contributed by atoms with Crippen LogP contribution in [0.2, 0.25) is 0 Å². The van der Waals surface area contributed by atoms with Crippen molar-refractivity contribution in [1.29, 1.82) is 0 Å². The molecule has 0 radical (unpaired) electrons. The van der Waals surface area contributed by atoms with E-state index in [4.69, 9.17) is 0 Å². The minimum Gasteiger partial charge on any atom is -0.310 e. The molecule has 3 heteroatoms. The van der Waals surface area contributed by atoms with Gasteiger partial charge in [0.1, 0.15) is 0 Å². The van der Waals surface area contributed by atoms with E-state index < -0.39 is 0 Å². The van der Waals surface area contributed by atoms with Gasteiger partial charge in [0.25, 0.3) is 0 Å². The topological polar surface area (TPSA) is 15.3 Å². The van der Waals surface area contributed by atoms with E-state index in [-0.39, 0.29) is 5.54 Å². The van der Waals surface area contributed by atoms with Gasteiger partial charge in [0, 0.05) is 29.1 Å². The van der Waals surface area contributed by atoms with Gasteiger partial charge in [-0.3, -0.25) is 4.90 Å². The van der Waals surface area contributed by atoms with Crippen molar-refractivity contribution in [2.75, 3.05) is 19.6 Å². The van der Waals surface area contributed by atoms with Gasteiger partial charge < -0.3 is 5.32 Å². The Morgan fingerprint density at radius 2 is 2.10 bits per heavy atom. The van der Waals surface area contributed by atoms with Crippen molar-refractivity contribution in [3.63, 3.8) is 0 Å². The van der Waals surface area contributed by atoms with E-state index >= 15 is 0 Å². The van der Waals surface area contributed by atoms with Crippen molar-refractivity contribution in [1.82, 2.24) is 10.2 Å². The first kappa shape index (κ1) is 16.0. The number of hydrogen-bond acceptors (Lipinski definition) is 2. The molecule has 1 N–H and O–H groups in total. The van der Waals surface area contributed by atoms with E-state index in [0.717, 1.165) is 13.1 Å². The Morgan fingerprint density at radius 3 is 2.75 bits per heavy atom. The van der Waals surface area contributed by atoms with Crippen LogP contribution in [-0.4, -0.2) is 30.1 Å². The lowest BCUT2D eigenvalue weighted by Gasteiger charge is -2.38. The van der Waals surface area contributed by atoms with E-state index in [0.29, 0.717) is 6.04 Å². The smallest absolute Gasteiger partial charge is 0.0321 e. The third-order valence-electron chi connectivity index (χ3n) is 4.86. The van der Waals surface area contributed by atoms with Crippen LogP contribution in [0.4, 0.5) is 0 Å². The van der Waals surface area contributed by atoms with Crippen LogP contribution < -0.4 is 5.32 Å². The predicted octanol–water partition coefficient (Wildman–Crippen LogP) is 4.36. The quantitative estimate of drug-likeness (QED) is 0.877. The zero-order valence-electron chi connectivity index (χ0n) is 13.0. The molecule has 112 valence electrons. The fourth-order valence-corrected chi connectivity index (χ4v) is 3.61. The van der Waals surface area contributed by atoms with Crippen molar-refractivity contribution >= 4 is 15.9 Å². The standard InChI is InChI=1S/C17H27BrN2/c1-4-17(5-2)13-20(11-7-10-19-17)14(3)15-8-6-9-16(18)12-15/h6,8-9,12,14,19H,4-5,7,10-11,13H2,1-3H3. The summed E-state index contributed by atoms with van der Waals surface area (Å²) in [5, 5.41) is 3.79. The number of rotatable bonds is 4. The number of hydrogen-bond donors (Lipinski definition) is 1. The lowest BCUT2D eigenvalue weighted by Crippen LogP contribution is -2.51. The van der Waals surface area contributed by atoms with Gasteiger partial charge in [-0.15, -0.1) is 0 Å². The number of benzene rings is 1. The summed E-state index contributed by atoms with van der Waals surface area (Å²) in [4.78, 5) is 2.65. The van der Waals surface area contributed by atoms with Crippen LogP contribution in [0.15, 0.2) is 28.7 Å². The van der Waals surface area contributed by atoms with E-state index in [9.17, 15) is 0 Å². The normalized spacial score (nSPS) is 21.4. The first-order valence-electron chi connectivity index (χ1n) is 7.85. The molecule has 0 saturated carbocycles. The molecule has 1 aliphatic heterocycles. The van der Waals surface area contributed by atoms with Gasteiger partial charge in [0.2, 0.25) is 0 Å². The maximum Gasteiger partial charge on any atom is 0.0321 e. The highest BCUT2D eigenvalue weighted by Crippen LogP contribution is 2.28. The second-order valence-electron chi connectivity index (χ2n) is 5.97. The summed E-state index contributed by atoms with van der Waals surface area (Å²) in [6, 6.07) is 9.21. The maximum absolute atomic E-state index is 3.79. The molecule has 2 rings (SSSR count). The highest BCUT2D eigenvalue weighted by molar-refractivity contribution is 9.10. The Labute approximate surface area is 132 Å². The Kier molecular flexibility index (Phi) is 5.65. The molecule has 0 spiro atoms. The molecular weight excluding hydrogens is 312 g/mol. The summed E-state index contributed by atoms with van der Waals surface area (Å²) in [6.45, 7) is 10.4. The highest BCUT2D eigenvalue weighted by Gasteiger charge is 2.32. The third-order valence-corrected chi connectivity index (χ3v) is 5.35. The van der Waals surface area contributed by atoms with Gasteiger partial charge in [-0.05, 0) is 50.4 Å². The highest BCUT2D eigenvalue weighted by atomic mass is 79.9. The SMILES string of the molecule is CCC1(CC)CN(C(C)c2cccc(Br)c2)CCCN1. The molecule has 1 aromatic rings. The Hall–Kier alpha value is -0.380. The zero-order chi connectivity index (χ0) is 14.6. The molecule has 1 aliphatic rings. The molecule has 1 heterocycles. The molecule has 0 aliphatic carbocycles. The molecule has 20 heavy (non-hydrogen) atoms. The van der Waals surface area contributed by atoms with Gasteiger partial charge in [-0.25, -0.2) is 0 Å². The summed E-state index contributed by atoms with van der Waals surface area (Å²) >= 11 is 3.59. The largest absolute Gasteiger partial charge is 0.310 e. The van der Waals surface area contributed by atoms with E-state index in [2.05, 4.69) is 71.2 Å². The van der Waals surface area contributed by atoms with Crippen molar-refractivity contribution in [2.45, 2.75) is 51.6 Å². The predicted molar refractivity (Wildman–Crippen MR) is 90.1 cm³/mol. The first-order chi connectivity index (χ1) is 9.60. The minimum atomic E-state index is 0.288. The molecule has 0 bridgehead atoms. The van der Waals surface area contributed by atoms with Gasteiger partial charge in [0.05, 0.1) is 0 Å².